The summed E-state index contributed by atoms with van der Waals surface area (Å²) in [4.78, 5) is 14.3. The number of hydrogen-bond donors (Lipinski definition) is 1. The maximum Gasteiger partial charge on any atom is 0.251 e. The van der Waals surface area contributed by atoms with E-state index in [-0.39, 0.29) is 5.91 Å². The molecule has 0 radical (unpaired) electrons. The van der Waals surface area contributed by atoms with Gasteiger partial charge in [0.25, 0.3) is 5.91 Å². The molecular formula is C17H18N6O. The second-order valence-electron chi connectivity index (χ2n) is 5.54. The summed E-state index contributed by atoms with van der Waals surface area (Å²) >= 11 is 0. The number of aromatic nitrogens is 4. The minimum absolute atomic E-state index is 0.116. The highest BCUT2D eigenvalue weighted by Crippen LogP contribution is 2.12. The second kappa shape index (κ2) is 6.91. The van der Waals surface area contributed by atoms with E-state index in [4.69, 9.17) is 0 Å². The third kappa shape index (κ3) is 3.57. The fraction of sp³-hybridized carbons (Fsp3) is 0.176. The fourth-order valence-electron chi connectivity index (χ4n) is 2.24. The van der Waals surface area contributed by atoms with E-state index in [2.05, 4.69) is 20.8 Å². The quantitative estimate of drug-likeness (QED) is 0.773. The van der Waals surface area contributed by atoms with Gasteiger partial charge in [-0.1, -0.05) is 12.1 Å². The van der Waals surface area contributed by atoms with Crippen molar-refractivity contribution in [3.63, 3.8) is 0 Å². The van der Waals surface area contributed by atoms with Crippen LogP contribution in [0.4, 0.5) is 5.69 Å². The molecule has 122 valence electrons. The summed E-state index contributed by atoms with van der Waals surface area (Å²) in [5.74, 6) is -0.116. The van der Waals surface area contributed by atoms with Gasteiger partial charge in [-0.05, 0) is 52.4 Å². The lowest BCUT2D eigenvalue weighted by atomic mass is 10.1. The average Bonchev–Trinajstić information content (AvgIpc) is 3.15. The van der Waals surface area contributed by atoms with Crippen LogP contribution in [0.5, 0.6) is 0 Å². The molecule has 0 aliphatic rings. The van der Waals surface area contributed by atoms with Crippen LogP contribution in [0.2, 0.25) is 0 Å². The van der Waals surface area contributed by atoms with Crippen molar-refractivity contribution in [2.24, 2.45) is 0 Å². The van der Waals surface area contributed by atoms with Gasteiger partial charge in [-0.2, -0.15) is 0 Å². The molecule has 0 atom stereocenters. The first-order chi connectivity index (χ1) is 11.6. The SMILES string of the molecule is CN(C)c1ccc(CNC(=O)c2ccc(-n3cnnn3)cc2)cc1. The number of nitrogens with one attached hydrogen (secondary N) is 1. The number of nitrogens with zero attached hydrogens (tertiary/aromatic N) is 5. The molecule has 0 saturated heterocycles. The third-order valence-corrected chi connectivity index (χ3v) is 3.65. The Bertz CT molecular complexity index is 794. The Hall–Kier alpha value is -3.22. The lowest BCUT2D eigenvalue weighted by molar-refractivity contribution is 0.0951. The van der Waals surface area contributed by atoms with Crippen LogP contribution < -0.4 is 10.2 Å². The van der Waals surface area contributed by atoms with Crippen molar-refractivity contribution < 1.29 is 4.79 Å². The lowest BCUT2D eigenvalue weighted by Gasteiger charge is -2.13. The molecule has 1 heterocycles. The molecule has 1 amide bonds. The summed E-state index contributed by atoms with van der Waals surface area (Å²) in [5.41, 5.74) is 3.58. The van der Waals surface area contributed by atoms with E-state index >= 15 is 0 Å². The standard InChI is InChI=1S/C17H18N6O/c1-22(2)15-7-3-13(4-8-15)11-18-17(24)14-5-9-16(10-6-14)23-12-19-20-21-23/h3-10,12H,11H2,1-2H3,(H,18,24). The minimum atomic E-state index is -0.116. The van der Waals surface area contributed by atoms with Crippen LogP contribution in [0.25, 0.3) is 5.69 Å². The van der Waals surface area contributed by atoms with Gasteiger partial charge in [0.05, 0.1) is 5.69 Å². The van der Waals surface area contributed by atoms with Crippen LogP contribution >= 0.6 is 0 Å². The van der Waals surface area contributed by atoms with Crippen LogP contribution in [0, 0.1) is 0 Å². The molecule has 0 aliphatic carbocycles. The molecule has 1 N–H and O–H groups in total. The molecule has 0 bridgehead atoms. The zero-order valence-corrected chi connectivity index (χ0v) is 13.5. The number of tetrazole rings is 1. The van der Waals surface area contributed by atoms with Gasteiger partial charge >= 0.3 is 0 Å². The Morgan fingerprint density at radius 1 is 1.08 bits per heavy atom. The second-order valence-corrected chi connectivity index (χ2v) is 5.54. The fourth-order valence-corrected chi connectivity index (χ4v) is 2.24. The average molecular weight is 322 g/mol. The molecule has 0 aliphatic heterocycles. The van der Waals surface area contributed by atoms with Crippen LogP contribution in [0.15, 0.2) is 54.9 Å². The van der Waals surface area contributed by atoms with Gasteiger partial charge in [0.15, 0.2) is 0 Å². The topological polar surface area (TPSA) is 75.9 Å². The predicted molar refractivity (Wildman–Crippen MR) is 91.1 cm³/mol. The van der Waals surface area contributed by atoms with E-state index in [9.17, 15) is 4.79 Å². The van der Waals surface area contributed by atoms with Crippen molar-refractivity contribution in [1.29, 1.82) is 0 Å². The van der Waals surface area contributed by atoms with Gasteiger partial charge in [0, 0.05) is 31.9 Å². The Kier molecular flexibility index (Phi) is 4.51. The number of anilines is 1. The zero-order valence-electron chi connectivity index (χ0n) is 13.5. The van der Waals surface area contributed by atoms with Crippen LogP contribution in [-0.2, 0) is 6.54 Å². The van der Waals surface area contributed by atoms with Crippen molar-refractivity contribution in [3.05, 3.63) is 66.0 Å². The number of benzene rings is 2. The number of carbonyl (C=O) groups is 1. The first-order valence-electron chi connectivity index (χ1n) is 7.51. The normalized spacial score (nSPS) is 10.4. The number of carbonyl (C=O) groups excluding carboxylic acids is 1. The van der Waals surface area contributed by atoms with E-state index in [0.717, 1.165) is 16.9 Å². The molecule has 24 heavy (non-hydrogen) atoms. The Morgan fingerprint density at radius 3 is 2.38 bits per heavy atom. The Labute approximate surface area is 139 Å². The van der Waals surface area contributed by atoms with E-state index < -0.39 is 0 Å². The largest absolute Gasteiger partial charge is 0.378 e. The number of rotatable bonds is 5. The van der Waals surface area contributed by atoms with E-state index in [1.165, 1.54) is 11.0 Å². The molecule has 3 aromatic rings. The summed E-state index contributed by atoms with van der Waals surface area (Å²) in [6, 6.07) is 15.2. The first kappa shape index (κ1) is 15.7. The summed E-state index contributed by atoms with van der Waals surface area (Å²) < 4.78 is 1.54. The molecule has 1 aromatic heterocycles. The summed E-state index contributed by atoms with van der Waals surface area (Å²) in [6.07, 6.45) is 1.51. The molecule has 0 unspecified atom stereocenters. The van der Waals surface area contributed by atoms with E-state index in [1.54, 1.807) is 24.3 Å². The lowest BCUT2D eigenvalue weighted by Crippen LogP contribution is -2.22. The van der Waals surface area contributed by atoms with Crippen LogP contribution in [0.3, 0.4) is 0 Å². The van der Waals surface area contributed by atoms with Crippen molar-refractivity contribution in [2.45, 2.75) is 6.54 Å². The van der Waals surface area contributed by atoms with Gasteiger partial charge < -0.3 is 10.2 Å². The summed E-state index contributed by atoms with van der Waals surface area (Å²) in [5, 5.41) is 13.9. The molecule has 0 spiro atoms. The minimum Gasteiger partial charge on any atom is -0.378 e. The number of amides is 1. The van der Waals surface area contributed by atoms with Crippen LogP contribution in [0.1, 0.15) is 15.9 Å². The molecule has 7 nitrogen and oxygen atoms in total. The number of hydrogen-bond acceptors (Lipinski definition) is 5. The first-order valence-corrected chi connectivity index (χ1v) is 7.51. The molecule has 0 fully saturated rings. The zero-order chi connectivity index (χ0) is 16.9. The molecule has 0 saturated carbocycles. The van der Waals surface area contributed by atoms with Gasteiger partial charge in [0.2, 0.25) is 0 Å². The van der Waals surface area contributed by atoms with Crippen LogP contribution in [-0.4, -0.2) is 40.2 Å². The molecule has 7 heteroatoms. The Morgan fingerprint density at radius 2 is 1.79 bits per heavy atom. The van der Waals surface area contributed by atoms with Gasteiger partial charge in [-0.15, -0.1) is 5.10 Å². The van der Waals surface area contributed by atoms with E-state index in [1.807, 2.05) is 43.3 Å². The predicted octanol–water partition coefficient (Wildman–Crippen LogP) is 1.66. The summed E-state index contributed by atoms with van der Waals surface area (Å²) in [7, 11) is 3.99. The monoisotopic (exact) mass is 322 g/mol. The van der Waals surface area contributed by atoms with Crippen molar-refractivity contribution in [2.75, 3.05) is 19.0 Å². The smallest absolute Gasteiger partial charge is 0.251 e. The molecule has 2 aromatic carbocycles. The maximum atomic E-state index is 12.2. The Balaban J connectivity index is 1.60. The van der Waals surface area contributed by atoms with E-state index in [0.29, 0.717) is 12.1 Å². The van der Waals surface area contributed by atoms with Crippen molar-refractivity contribution in [1.82, 2.24) is 25.5 Å². The highest BCUT2D eigenvalue weighted by atomic mass is 16.1. The maximum absolute atomic E-state index is 12.2. The van der Waals surface area contributed by atoms with Gasteiger partial charge in [-0.25, -0.2) is 4.68 Å². The highest BCUT2D eigenvalue weighted by Gasteiger charge is 2.06. The molecular weight excluding hydrogens is 304 g/mol. The molecule has 3 rings (SSSR count). The summed E-state index contributed by atoms with van der Waals surface area (Å²) in [6.45, 7) is 0.487. The van der Waals surface area contributed by atoms with Crippen molar-refractivity contribution in [3.8, 4) is 5.69 Å². The van der Waals surface area contributed by atoms with Gasteiger partial charge in [-0.3, -0.25) is 4.79 Å². The van der Waals surface area contributed by atoms with Gasteiger partial charge in [0.1, 0.15) is 6.33 Å². The highest BCUT2D eigenvalue weighted by molar-refractivity contribution is 5.94. The van der Waals surface area contributed by atoms with Crippen molar-refractivity contribution >= 4 is 11.6 Å². The third-order valence-electron chi connectivity index (χ3n) is 3.65.